The lowest BCUT2D eigenvalue weighted by atomic mass is 9.97. The van der Waals surface area contributed by atoms with E-state index in [1.807, 2.05) is 36.4 Å². The molecule has 3 aromatic rings. The molecule has 0 bridgehead atoms. The maximum absolute atomic E-state index is 12.7. The summed E-state index contributed by atoms with van der Waals surface area (Å²) >= 11 is 0. The summed E-state index contributed by atoms with van der Waals surface area (Å²) in [6.45, 7) is 0. The van der Waals surface area contributed by atoms with E-state index in [0.717, 1.165) is 24.0 Å². The molecule has 3 N–H and O–H groups in total. The molecule has 0 spiro atoms. The molecule has 1 aliphatic rings. The molecule has 1 atom stereocenters. The second kappa shape index (κ2) is 7.41. The highest BCUT2D eigenvalue weighted by molar-refractivity contribution is 6.07. The van der Waals surface area contributed by atoms with Gasteiger partial charge in [0.2, 0.25) is 5.91 Å². The maximum Gasteiger partial charge on any atom is 0.274 e. The van der Waals surface area contributed by atoms with Gasteiger partial charge in [-0.1, -0.05) is 12.1 Å². The number of carbonyl (C=O) groups excluding carboxylic acids is 2. The van der Waals surface area contributed by atoms with Crippen molar-refractivity contribution in [3.63, 3.8) is 0 Å². The number of hydrogen-bond acceptors (Lipinski definition) is 4. The lowest BCUT2D eigenvalue weighted by Gasteiger charge is -2.24. The Morgan fingerprint density at radius 3 is 2.85 bits per heavy atom. The normalized spacial score (nSPS) is 16.6. The topological polar surface area (TPSA) is 99.8 Å². The quantitative estimate of drug-likeness (QED) is 0.665. The fourth-order valence-corrected chi connectivity index (χ4v) is 3.29. The molecular formula is C20H19N5O2. The second-order valence-corrected chi connectivity index (χ2v) is 6.49. The zero-order valence-electron chi connectivity index (χ0n) is 14.6. The summed E-state index contributed by atoms with van der Waals surface area (Å²) < 4.78 is 0. The predicted octanol–water partition coefficient (Wildman–Crippen LogP) is 3.07. The third-order valence-corrected chi connectivity index (χ3v) is 4.64. The summed E-state index contributed by atoms with van der Waals surface area (Å²) in [4.78, 5) is 28.4. The number of aromatic nitrogens is 3. The minimum atomic E-state index is -0.274. The van der Waals surface area contributed by atoms with Crippen molar-refractivity contribution in [1.29, 1.82) is 0 Å². The largest absolute Gasteiger partial charge is 0.349 e. The number of piperidine rings is 1. The monoisotopic (exact) mass is 361 g/mol. The average Bonchev–Trinajstić information content (AvgIpc) is 3.19. The summed E-state index contributed by atoms with van der Waals surface area (Å²) in [5.41, 5.74) is 3.62. The van der Waals surface area contributed by atoms with Crippen molar-refractivity contribution in [2.24, 2.45) is 0 Å². The minimum Gasteiger partial charge on any atom is -0.349 e. The number of nitrogens with one attached hydrogen (secondary N) is 3. The number of pyridine rings is 1. The van der Waals surface area contributed by atoms with Gasteiger partial charge in [-0.3, -0.25) is 19.7 Å². The molecule has 1 unspecified atom stereocenters. The van der Waals surface area contributed by atoms with Crippen LogP contribution in [0.3, 0.4) is 0 Å². The van der Waals surface area contributed by atoms with Crippen LogP contribution in [0.25, 0.3) is 11.1 Å². The summed E-state index contributed by atoms with van der Waals surface area (Å²) in [6.07, 6.45) is 7.31. The Hall–Kier alpha value is -3.48. The third kappa shape index (κ3) is 3.72. The maximum atomic E-state index is 12.7. The fraction of sp³-hybridized carbons (Fsp3) is 0.200. The van der Waals surface area contributed by atoms with E-state index in [-0.39, 0.29) is 17.9 Å². The average molecular weight is 361 g/mol. The van der Waals surface area contributed by atoms with Gasteiger partial charge < -0.3 is 10.6 Å². The van der Waals surface area contributed by atoms with E-state index in [2.05, 4.69) is 25.8 Å². The van der Waals surface area contributed by atoms with Crippen molar-refractivity contribution in [3.05, 3.63) is 66.2 Å². The summed E-state index contributed by atoms with van der Waals surface area (Å²) in [5.74, 6) is -0.204. The van der Waals surface area contributed by atoms with Gasteiger partial charge in [0.05, 0.1) is 12.2 Å². The van der Waals surface area contributed by atoms with E-state index < -0.39 is 0 Å². The molecule has 1 fully saturated rings. The van der Waals surface area contributed by atoms with E-state index in [1.54, 1.807) is 18.6 Å². The molecule has 0 radical (unpaired) electrons. The Kier molecular flexibility index (Phi) is 4.65. The highest BCUT2D eigenvalue weighted by atomic mass is 16.2. The minimum absolute atomic E-state index is 0.0114. The molecule has 2 amide bonds. The molecule has 4 rings (SSSR count). The Morgan fingerprint density at radius 2 is 2.04 bits per heavy atom. The molecular weight excluding hydrogens is 342 g/mol. The van der Waals surface area contributed by atoms with Crippen molar-refractivity contribution in [3.8, 4) is 11.1 Å². The van der Waals surface area contributed by atoms with Gasteiger partial charge in [0.15, 0.2) is 0 Å². The molecule has 1 saturated heterocycles. The van der Waals surface area contributed by atoms with Gasteiger partial charge in [0.25, 0.3) is 5.91 Å². The van der Waals surface area contributed by atoms with Crippen LogP contribution in [0.15, 0.2) is 55.0 Å². The van der Waals surface area contributed by atoms with Gasteiger partial charge in [0, 0.05) is 30.1 Å². The molecule has 0 aliphatic carbocycles. The lowest BCUT2D eigenvalue weighted by Crippen LogP contribution is -2.32. The van der Waals surface area contributed by atoms with Gasteiger partial charge in [-0.05, 0) is 48.2 Å². The standard InChI is InChI=1S/C20H19N5O2/c26-18-6-2-5-17(24-18)14-3-1-4-15(11-14)23-20(27)19-16(12-22-25-19)13-7-9-21-10-8-13/h1,3-4,7-12,17H,2,5-6H2,(H,22,25)(H,23,27)(H,24,26). The van der Waals surface area contributed by atoms with Crippen molar-refractivity contribution in [1.82, 2.24) is 20.5 Å². The first-order valence-electron chi connectivity index (χ1n) is 8.85. The predicted molar refractivity (Wildman–Crippen MR) is 101 cm³/mol. The van der Waals surface area contributed by atoms with Gasteiger partial charge in [-0.15, -0.1) is 0 Å². The molecule has 7 nitrogen and oxygen atoms in total. The Bertz CT molecular complexity index is 967. The number of amides is 2. The van der Waals surface area contributed by atoms with Crippen LogP contribution < -0.4 is 10.6 Å². The lowest BCUT2D eigenvalue weighted by molar-refractivity contribution is -0.123. The van der Waals surface area contributed by atoms with Crippen LogP contribution in [0.1, 0.15) is 41.4 Å². The molecule has 3 heterocycles. The van der Waals surface area contributed by atoms with Crippen molar-refractivity contribution in [2.75, 3.05) is 5.32 Å². The Morgan fingerprint density at radius 1 is 1.19 bits per heavy atom. The first-order chi connectivity index (χ1) is 13.2. The molecule has 2 aromatic heterocycles. The van der Waals surface area contributed by atoms with Gasteiger partial charge in [0.1, 0.15) is 5.69 Å². The van der Waals surface area contributed by atoms with Gasteiger partial charge >= 0.3 is 0 Å². The highest BCUT2D eigenvalue weighted by Crippen LogP contribution is 2.26. The second-order valence-electron chi connectivity index (χ2n) is 6.49. The number of aromatic amines is 1. The van der Waals surface area contributed by atoms with Crippen LogP contribution in [0.2, 0.25) is 0 Å². The number of hydrogen-bond donors (Lipinski definition) is 3. The number of anilines is 1. The molecule has 136 valence electrons. The number of rotatable bonds is 4. The van der Waals surface area contributed by atoms with Gasteiger partial charge in [-0.25, -0.2) is 0 Å². The smallest absolute Gasteiger partial charge is 0.274 e. The van der Waals surface area contributed by atoms with E-state index in [9.17, 15) is 9.59 Å². The van der Waals surface area contributed by atoms with Crippen LogP contribution in [0.5, 0.6) is 0 Å². The van der Waals surface area contributed by atoms with Crippen LogP contribution in [0.4, 0.5) is 5.69 Å². The third-order valence-electron chi connectivity index (χ3n) is 4.64. The Balaban J connectivity index is 1.53. The van der Waals surface area contributed by atoms with Crippen molar-refractivity contribution in [2.45, 2.75) is 25.3 Å². The SMILES string of the molecule is O=C1CCCC(c2cccc(NC(=O)c3[nH]ncc3-c3ccncc3)c2)N1. The summed E-state index contributed by atoms with van der Waals surface area (Å²) in [6, 6.07) is 11.2. The van der Waals surface area contributed by atoms with Crippen LogP contribution in [-0.4, -0.2) is 27.0 Å². The van der Waals surface area contributed by atoms with E-state index in [4.69, 9.17) is 0 Å². The van der Waals surface area contributed by atoms with E-state index in [0.29, 0.717) is 23.4 Å². The zero-order chi connectivity index (χ0) is 18.6. The van der Waals surface area contributed by atoms with E-state index >= 15 is 0 Å². The first-order valence-corrected chi connectivity index (χ1v) is 8.85. The summed E-state index contributed by atoms with van der Waals surface area (Å²) in [5, 5.41) is 12.7. The Labute approximate surface area is 156 Å². The number of carbonyl (C=O) groups is 2. The summed E-state index contributed by atoms with van der Waals surface area (Å²) in [7, 11) is 0. The molecule has 27 heavy (non-hydrogen) atoms. The van der Waals surface area contributed by atoms with Crippen LogP contribution in [-0.2, 0) is 4.79 Å². The molecule has 1 aliphatic heterocycles. The fourth-order valence-electron chi connectivity index (χ4n) is 3.29. The number of benzene rings is 1. The highest BCUT2D eigenvalue weighted by Gasteiger charge is 2.20. The van der Waals surface area contributed by atoms with Crippen molar-refractivity contribution >= 4 is 17.5 Å². The van der Waals surface area contributed by atoms with Crippen LogP contribution in [0, 0.1) is 0 Å². The number of H-pyrrole nitrogens is 1. The van der Waals surface area contributed by atoms with Crippen molar-refractivity contribution < 1.29 is 9.59 Å². The van der Waals surface area contributed by atoms with Gasteiger partial charge in [-0.2, -0.15) is 5.10 Å². The molecule has 0 saturated carbocycles. The number of nitrogens with zero attached hydrogens (tertiary/aromatic N) is 2. The zero-order valence-corrected chi connectivity index (χ0v) is 14.6. The molecule has 7 heteroatoms. The van der Waals surface area contributed by atoms with Crippen LogP contribution >= 0.6 is 0 Å². The first kappa shape index (κ1) is 17.0. The molecule has 1 aromatic carbocycles. The van der Waals surface area contributed by atoms with E-state index in [1.165, 1.54) is 0 Å².